The monoisotopic (exact) mass is 628 g/mol. The number of methoxy groups -OCH3 is 1. The summed E-state index contributed by atoms with van der Waals surface area (Å²) in [5, 5.41) is 11.7. The van der Waals surface area contributed by atoms with Gasteiger partial charge in [-0.25, -0.2) is 4.39 Å². The van der Waals surface area contributed by atoms with Gasteiger partial charge in [-0.05, 0) is 68.4 Å². The highest BCUT2D eigenvalue weighted by molar-refractivity contribution is 7.16. The van der Waals surface area contributed by atoms with Crippen molar-refractivity contribution in [2.24, 2.45) is 17.6 Å². The van der Waals surface area contributed by atoms with E-state index in [1.807, 2.05) is 24.3 Å². The number of carboxylic acid groups (broad SMARTS) is 1. The Morgan fingerprint density at radius 2 is 2.02 bits per heavy atom. The minimum Gasteiger partial charge on any atom is -0.497 e. The molecule has 0 bridgehead atoms. The standard InChI is InChI=1S/C14H19N3O3.C11H18O2.C7H4FNOS/c1-20-11-5-2-4-10(8-11)16-9-13(18)17-7-3-6-12(17)14(15)19;1-2-3-4-5-6-7-9-8-10(9)11(12)13;8-4-1-2-5-6(3-4)11-7(10)9-5/h2,4-5,8,12,16H,3,6-7,9H2,1H3,(H2,15,19);6-7,9-10H,2-5,8H2,1H3,(H,12,13);1-3H,(H,9,10)/b;7-6-;. The van der Waals surface area contributed by atoms with E-state index >= 15 is 0 Å². The molecule has 44 heavy (non-hydrogen) atoms. The van der Waals surface area contributed by atoms with Crippen LogP contribution in [0.15, 0.2) is 59.4 Å². The maximum atomic E-state index is 12.5. The molecule has 2 amide bonds. The molecule has 3 atom stereocenters. The molecule has 2 fully saturated rings. The molecule has 2 aromatic carbocycles. The summed E-state index contributed by atoms with van der Waals surface area (Å²) in [5.41, 5.74) is 6.80. The number of amides is 2. The van der Waals surface area contributed by atoms with Crippen LogP contribution in [0.25, 0.3) is 10.2 Å². The first-order valence-corrected chi connectivity index (χ1v) is 15.6. The molecule has 0 spiro atoms. The highest BCUT2D eigenvalue weighted by Crippen LogP contribution is 2.39. The van der Waals surface area contributed by atoms with Gasteiger partial charge < -0.3 is 30.8 Å². The van der Waals surface area contributed by atoms with E-state index in [1.54, 1.807) is 18.1 Å². The fourth-order valence-corrected chi connectivity index (χ4v) is 5.55. The second kappa shape index (κ2) is 17.2. The van der Waals surface area contributed by atoms with Crippen molar-refractivity contribution in [3.63, 3.8) is 0 Å². The number of allylic oxidation sites excluding steroid dienone is 2. The molecule has 12 heteroatoms. The summed E-state index contributed by atoms with van der Waals surface area (Å²) in [6.07, 6.45) is 11.4. The Morgan fingerprint density at radius 3 is 2.70 bits per heavy atom. The summed E-state index contributed by atoms with van der Waals surface area (Å²) in [6.45, 7) is 2.91. The van der Waals surface area contributed by atoms with E-state index in [-0.39, 0.29) is 29.1 Å². The molecule has 1 saturated heterocycles. The van der Waals surface area contributed by atoms with Crippen LogP contribution in [0.3, 0.4) is 0 Å². The number of nitrogens with two attached hydrogens (primary N) is 1. The Morgan fingerprint density at radius 1 is 1.23 bits per heavy atom. The summed E-state index contributed by atoms with van der Waals surface area (Å²) in [6, 6.07) is 11.1. The number of aromatic nitrogens is 1. The summed E-state index contributed by atoms with van der Waals surface area (Å²) in [4.78, 5) is 48.6. The molecule has 1 aliphatic carbocycles. The summed E-state index contributed by atoms with van der Waals surface area (Å²) < 4.78 is 18.3. The van der Waals surface area contributed by atoms with Gasteiger partial charge in [0, 0.05) is 18.3 Å². The van der Waals surface area contributed by atoms with Gasteiger partial charge in [0.05, 0.1) is 29.8 Å². The van der Waals surface area contributed by atoms with Crippen molar-refractivity contribution in [3.8, 4) is 5.75 Å². The summed E-state index contributed by atoms with van der Waals surface area (Å²) in [7, 11) is 1.59. The van der Waals surface area contributed by atoms with E-state index in [0.717, 1.165) is 42.0 Å². The Labute approximate surface area is 260 Å². The van der Waals surface area contributed by atoms with Gasteiger partial charge in [0.2, 0.25) is 11.8 Å². The number of hydrogen-bond donors (Lipinski definition) is 4. The second-order valence-corrected chi connectivity index (χ2v) is 11.7. The van der Waals surface area contributed by atoms with Crippen molar-refractivity contribution < 1.29 is 28.6 Å². The van der Waals surface area contributed by atoms with Crippen LogP contribution in [0.4, 0.5) is 10.1 Å². The number of carbonyl (C=O) groups is 3. The first kappa shape index (κ1) is 34.3. The van der Waals surface area contributed by atoms with Crippen LogP contribution in [0.1, 0.15) is 51.9 Å². The Bertz CT molecular complexity index is 1490. The number of carbonyl (C=O) groups excluding carboxylic acids is 2. The van der Waals surface area contributed by atoms with E-state index in [1.165, 1.54) is 31.4 Å². The zero-order valence-corrected chi connectivity index (χ0v) is 25.9. The van der Waals surface area contributed by atoms with Crippen molar-refractivity contribution >= 4 is 45.0 Å². The van der Waals surface area contributed by atoms with Crippen molar-refractivity contribution in [2.45, 2.75) is 57.9 Å². The lowest BCUT2D eigenvalue weighted by Crippen LogP contribution is -2.45. The molecule has 5 rings (SSSR count). The molecule has 5 N–H and O–H groups in total. The number of aromatic amines is 1. The second-order valence-electron chi connectivity index (χ2n) is 10.7. The molecule has 0 radical (unpaired) electrons. The van der Waals surface area contributed by atoms with E-state index in [2.05, 4.69) is 29.4 Å². The molecule has 2 heterocycles. The van der Waals surface area contributed by atoms with Gasteiger partial charge in [0.1, 0.15) is 17.6 Å². The number of benzene rings is 2. The number of carboxylic acids is 1. The van der Waals surface area contributed by atoms with Crippen LogP contribution >= 0.6 is 11.3 Å². The molecule has 3 aromatic rings. The molecule has 2 aliphatic rings. The van der Waals surface area contributed by atoms with Gasteiger partial charge >= 0.3 is 10.8 Å². The van der Waals surface area contributed by atoms with Crippen LogP contribution in [0, 0.1) is 17.7 Å². The Kier molecular flexibility index (Phi) is 13.4. The number of primary amides is 1. The van der Waals surface area contributed by atoms with Crippen molar-refractivity contribution in [1.29, 1.82) is 0 Å². The van der Waals surface area contributed by atoms with E-state index in [9.17, 15) is 23.6 Å². The number of anilines is 1. The number of rotatable bonds is 11. The minimum absolute atomic E-state index is 0.0811. The highest BCUT2D eigenvalue weighted by atomic mass is 32.1. The SMILES string of the molecule is CCCCC/C=C\C1CC1C(=O)O.COc1cccc(NCC(=O)N2CCCC2C(N)=O)c1.O=c1[nH]c2ccc(F)cc2s1. The first-order chi connectivity index (χ1) is 21.1. The molecule has 1 aromatic heterocycles. The van der Waals surface area contributed by atoms with E-state index in [4.69, 9.17) is 15.6 Å². The van der Waals surface area contributed by atoms with Crippen molar-refractivity contribution in [2.75, 3.05) is 25.5 Å². The number of halogens is 1. The smallest absolute Gasteiger partial charge is 0.307 e. The predicted octanol–water partition coefficient (Wildman–Crippen LogP) is 5.16. The molecule has 238 valence electrons. The van der Waals surface area contributed by atoms with Gasteiger partial charge in [-0.2, -0.15) is 0 Å². The Hall–Kier alpha value is -4.19. The van der Waals surface area contributed by atoms with Crippen molar-refractivity contribution in [3.05, 3.63) is 70.1 Å². The molecule has 3 unspecified atom stereocenters. The predicted molar refractivity (Wildman–Crippen MR) is 170 cm³/mol. The molecule has 1 aliphatic heterocycles. The van der Waals surface area contributed by atoms with Crippen LogP contribution in [-0.4, -0.2) is 59.0 Å². The maximum Gasteiger partial charge on any atom is 0.307 e. The number of likely N-dealkylation sites (tertiary alicyclic amines) is 1. The van der Waals surface area contributed by atoms with Gasteiger partial charge in [-0.3, -0.25) is 19.2 Å². The van der Waals surface area contributed by atoms with Crippen molar-refractivity contribution in [1.82, 2.24) is 9.88 Å². The van der Waals surface area contributed by atoms with Crippen LogP contribution < -0.4 is 20.7 Å². The Balaban J connectivity index is 0.000000191. The number of fused-ring (bicyclic) bond motifs is 1. The number of H-pyrrole nitrogens is 1. The lowest BCUT2D eigenvalue weighted by Gasteiger charge is -2.22. The third-order valence-corrected chi connectivity index (χ3v) is 8.16. The average Bonchev–Trinajstić information content (AvgIpc) is 3.43. The summed E-state index contributed by atoms with van der Waals surface area (Å²) in [5.74, 6) is -0.525. The topological polar surface area (TPSA) is 155 Å². The molecule has 1 saturated carbocycles. The number of ether oxygens (including phenoxy) is 1. The zero-order valence-electron chi connectivity index (χ0n) is 25.1. The maximum absolute atomic E-state index is 12.5. The fraction of sp³-hybridized carbons (Fsp3) is 0.438. The van der Waals surface area contributed by atoms with E-state index in [0.29, 0.717) is 29.1 Å². The lowest BCUT2D eigenvalue weighted by molar-refractivity contribution is -0.138. The van der Waals surface area contributed by atoms with Crippen LogP contribution in [0.2, 0.25) is 0 Å². The molecular weight excluding hydrogens is 587 g/mol. The third kappa shape index (κ3) is 10.8. The lowest BCUT2D eigenvalue weighted by atomic mass is 10.2. The number of nitrogens with zero attached hydrogens (tertiary/aromatic N) is 1. The molecule has 10 nitrogen and oxygen atoms in total. The van der Waals surface area contributed by atoms with Gasteiger partial charge in [-0.1, -0.05) is 49.3 Å². The molecular formula is C32H41FN4O6S. The summed E-state index contributed by atoms with van der Waals surface area (Å²) >= 11 is 1.02. The number of unbranched alkanes of at least 4 members (excludes halogenated alkanes) is 3. The third-order valence-electron chi connectivity index (χ3n) is 7.31. The van der Waals surface area contributed by atoms with Gasteiger partial charge in [0.15, 0.2) is 0 Å². The first-order valence-electron chi connectivity index (χ1n) is 14.8. The average molecular weight is 629 g/mol. The van der Waals surface area contributed by atoms with Crippen LogP contribution in [0.5, 0.6) is 5.75 Å². The quantitative estimate of drug-likeness (QED) is 0.169. The number of hydrogen-bond acceptors (Lipinski definition) is 7. The van der Waals surface area contributed by atoms with Crippen LogP contribution in [-0.2, 0) is 14.4 Å². The van der Waals surface area contributed by atoms with Gasteiger partial charge in [-0.15, -0.1) is 0 Å². The van der Waals surface area contributed by atoms with Gasteiger partial charge in [0.25, 0.3) is 0 Å². The van der Waals surface area contributed by atoms with E-state index < -0.39 is 17.9 Å². The fourth-order valence-electron chi connectivity index (χ4n) is 4.79. The number of nitrogens with one attached hydrogen (secondary N) is 2. The number of aliphatic carboxylic acids is 1. The zero-order chi connectivity index (χ0) is 32.1. The highest BCUT2D eigenvalue weighted by Gasteiger charge is 2.40. The minimum atomic E-state index is -0.636. The normalized spacial score (nSPS) is 18.6. The number of thiazole rings is 1. The largest absolute Gasteiger partial charge is 0.497 e.